The molecule has 1 aliphatic rings. The zero-order valence-corrected chi connectivity index (χ0v) is 14.6. The van der Waals surface area contributed by atoms with Gasteiger partial charge in [-0.1, -0.05) is 42.5 Å². The third kappa shape index (κ3) is 4.45. The van der Waals surface area contributed by atoms with Crippen LogP contribution in [0, 0.1) is 0 Å². The van der Waals surface area contributed by atoms with E-state index in [1.165, 1.54) is 11.1 Å². The van der Waals surface area contributed by atoms with E-state index in [4.69, 9.17) is 5.21 Å². The van der Waals surface area contributed by atoms with E-state index in [2.05, 4.69) is 47.1 Å². The number of hydroxylamine groups is 1. The molecule has 0 spiro atoms. The summed E-state index contributed by atoms with van der Waals surface area (Å²) in [5.41, 5.74) is 4.67. The Labute approximate surface area is 148 Å². The molecule has 0 radical (unpaired) electrons. The van der Waals surface area contributed by atoms with Crippen molar-refractivity contribution in [3.8, 4) is 0 Å². The summed E-state index contributed by atoms with van der Waals surface area (Å²) in [6.45, 7) is 7.35. The van der Waals surface area contributed by atoms with Gasteiger partial charge in [0.15, 0.2) is 0 Å². The molecule has 0 bridgehead atoms. The maximum Gasteiger partial charge on any atom is 0.274 e. The highest BCUT2D eigenvalue weighted by Gasteiger charge is 2.21. The summed E-state index contributed by atoms with van der Waals surface area (Å²) in [7, 11) is 0. The lowest BCUT2D eigenvalue weighted by Gasteiger charge is -2.38. The van der Waals surface area contributed by atoms with Crippen molar-refractivity contribution in [3.05, 3.63) is 71.3 Å². The smallest absolute Gasteiger partial charge is 0.274 e. The number of piperazine rings is 1. The molecule has 132 valence electrons. The first-order valence-electron chi connectivity index (χ1n) is 8.72. The van der Waals surface area contributed by atoms with Crippen molar-refractivity contribution in [2.24, 2.45) is 0 Å². The summed E-state index contributed by atoms with van der Waals surface area (Å²) in [5.74, 6) is -0.477. The number of benzene rings is 2. The third-order valence-corrected chi connectivity index (χ3v) is 4.96. The van der Waals surface area contributed by atoms with E-state index in [0.717, 1.165) is 32.7 Å². The van der Waals surface area contributed by atoms with Gasteiger partial charge in [0.2, 0.25) is 0 Å². The minimum atomic E-state index is -0.477. The summed E-state index contributed by atoms with van der Waals surface area (Å²) in [6, 6.07) is 18.5. The summed E-state index contributed by atoms with van der Waals surface area (Å²) >= 11 is 0. The first-order valence-corrected chi connectivity index (χ1v) is 8.72. The quantitative estimate of drug-likeness (QED) is 0.650. The molecule has 5 heteroatoms. The first-order chi connectivity index (χ1) is 12.2. The molecule has 3 rings (SSSR count). The molecule has 1 amide bonds. The number of nitrogens with zero attached hydrogens (tertiary/aromatic N) is 2. The van der Waals surface area contributed by atoms with Gasteiger partial charge in [0.05, 0.1) is 0 Å². The molecule has 0 aliphatic carbocycles. The highest BCUT2D eigenvalue weighted by molar-refractivity contribution is 5.93. The van der Waals surface area contributed by atoms with Gasteiger partial charge in [0, 0.05) is 44.3 Å². The number of nitrogens with one attached hydrogen (secondary N) is 1. The topological polar surface area (TPSA) is 55.8 Å². The molecular formula is C20H25N3O2. The number of amides is 1. The van der Waals surface area contributed by atoms with E-state index in [-0.39, 0.29) is 0 Å². The van der Waals surface area contributed by atoms with E-state index in [9.17, 15) is 4.79 Å². The Morgan fingerprint density at radius 2 is 1.68 bits per heavy atom. The highest BCUT2D eigenvalue weighted by Crippen LogP contribution is 2.21. The number of carbonyl (C=O) groups excluding carboxylic acids is 1. The molecule has 25 heavy (non-hydrogen) atoms. The lowest BCUT2D eigenvalue weighted by atomic mass is 10.1. The summed E-state index contributed by atoms with van der Waals surface area (Å²) in [5, 5.41) is 8.66. The predicted molar refractivity (Wildman–Crippen MR) is 97.4 cm³/mol. The van der Waals surface area contributed by atoms with Crippen LogP contribution in [0.2, 0.25) is 0 Å². The van der Waals surface area contributed by atoms with Gasteiger partial charge in [-0.05, 0) is 30.2 Å². The fourth-order valence-electron chi connectivity index (χ4n) is 3.34. The molecule has 1 aliphatic heterocycles. The van der Waals surface area contributed by atoms with Gasteiger partial charge in [0.1, 0.15) is 0 Å². The van der Waals surface area contributed by atoms with Crippen LogP contribution in [-0.2, 0) is 6.54 Å². The SMILES string of the molecule is CC(c1ccccc1)N1CCN(Cc2ccc(C(=O)NO)cc2)CC1. The lowest BCUT2D eigenvalue weighted by Crippen LogP contribution is -2.46. The van der Waals surface area contributed by atoms with Crippen LogP contribution >= 0.6 is 0 Å². The molecule has 2 aromatic rings. The summed E-state index contributed by atoms with van der Waals surface area (Å²) in [6.07, 6.45) is 0. The van der Waals surface area contributed by atoms with Gasteiger partial charge in [-0.25, -0.2) is 5.48 Å². The van der Waals surface area contributed by atoms with Gasteiger partial charge < -0.3 is 0 Å². The standard InChI is InChI=1S/C20H25N3O2/c1-16(18-5-3-2-4-6-18)23-13-11-22(12-14-23)15-17-7-9-19(10-8-17)20(24)21-25/h2-10,16,25H,11-15H2,1H3,(H,21,24). The zero-order chi connectivity index (χ0) is 17.6. The van der Waals surface area contributed by atoms with Crippen molar-refractivity contribution in [2.75, 3.05) is 26.2 Å². The van der Waals surface area contributed by atoms with E-state index >= 15 is 0 Å². The number of carbonyl (C=O) groups is 1. The van der Waals surface area contributed by atoms with Crippen LogP contribution in [0.4, 0.5) is 0 Å². The van der Waals surface area contributed by atoms with E-state index < -0.39 is 5.91 Å². The maximum atomic E-state index is 11.4. The normalized spacial score (nSPS) is 17.2. The average molecular weight is 339 g/mol. The second-order valence-corrected chi connectivity index (χ2v) is 6.54. The Kier molecular flexibility index (Phi) is 5.81. The van der Waals surface area contributed by atoms with Gasteiger partial charge in [0.25, 0.3) is 5.91 Å². The van der Waals surface area contributed by atoms with Crippen LogP contribution < -0.4 is 5.48 Å². The molecule has 1 unspecified atom stereocenters. The van der Waals surface area contributed by atoms with Crippen molar-refractivity contribution in [1.82, 2.24) is 15.3 Å². The average Bonchev–Trinajstić information content (AvgIpc) is 2.68. The Hall–Kier alpha value is -2.21. The van der Waals surface area contributed by atoms with Crippen LogP contribution in [0.5, 0.6) is 0 Å². The molecular weight excluding hydrogens is 314 g/mol. The first kappa shape index (κ1) is 17.6. The van der Waals surface area contributed by atoms with E-state index in [0.29, 0.717) is 11.6 Å². The van der Waals surface area contributed by atoms with Gasteiger partial charge in [-0.3, -0.25) is 19.8 Å². The maximum absolute atomic E-state index is 11.4. The lowest BCUT2D eigenvalue weighted by molar-refractivity contribution is 0.0706. The second kappa shape index (κ2) is 8.25. The predicted octanol–water partition coefficient (Wildman–Crippen LogP) is 2.68. The molecule has 1 saturated heterocycles. The van der Waals surface area contributed by atoms with Gasteiger partial charge in [-0.15, -0.1) is 0 Å². The largest absolute Gasteiger partial charge is 0.297 e. The van der Waals surface area contributed by atoms with E-state index in [1.807, 2.05) is 12.1 Å². The summed E-state index contributed by atoms with van der Waals surface area (Å²) in [4.78, 5) is 16.3. The van der Waals surface area contributed by atoms with Crippen LogP contribution in [0.3, 0.4) is 0 Å². The van der Waals surface area contributed by atoms with Gasteiger partial charge in [-0.2, -0.15) is 0 Å². The highest BCUT2D eigenvalue weighted by atomic mass is 16.5. The molecule has 1 fully saturated rings. The van der Waals surface area contributed by atoms with Crippen LogP contribution in [0.25, 0.3) is 0 Å². The van der Waals surface area contributed by atoms with E-state index in [1.54, 1.807) is 17.6 Å². The van der Waals surface area contributed by atoms with Gasteiger partial charge >= 0.3 is 0 Å². The molecule has 5 nitrogen and oxygen atoms in total. The minimum Gasteiger partial charge on any atom is -0.297 e. The van der Waals surface area contributed by atoms with Crippen molar-refractivity contribution >= 4 is 5.91 Å². The zero-order valence-electron chi connectivity index (χ0n) is 14.6. The third-order valence-electron chi connectivity index (χ3n) is 4.96. The molecule has 0 aromatic heterocycles. The van der Waals surface area contributed by atoms with Crippen LogP contribution in [0.15, 0.2) is 54.6 Å². The van der Waals surface area contributed by atoms with Crippen molar-refractivity contribution < 1.29 is 10.0 Å². The Balaban J connectivity index is 1.52. The molecule has 2 N–H and O–H groups in total. The number of rotatable bonds is 5. The molecule has 1 atom stereocenters. The number of hydrogen-bond acceptors (Lipinski definition) is 4. The Morgan fingerprint density at radius 1 is 1.04 bits per heavy atom. The Morgan fingerprint density at radius 3 is 2.28 bits per heavy atom. The Bertz CT molecular complexity index is 680. The molecule has 2 aromatic carbocycles. The minimum absolute atomic E-state index is 0.444. The number of hydrogen-bond donors (Lipinski definition) is 2. The fraction of sp³-hybridized carbons (Fsp3) is 0.350. The van der Waals surface area contributed by atoms with Crippen LogP contribution in [-0.4, -0.2) is 47.1 Å². The van der Waals surface area contributed by atoms with Crippen LogP contribution in [0.1, 0.15) is 34.5 Å². The fourth-order valence-corrected chi connectivity index (χ4v) is 3.34. The molecule has 1 heterocycles. The summed E-state index contributed by atoms with van der Waals surface area (Å²) < 4.78 is 0. The van der Waals surface area contributed by atoms with Crippen molar-refractivity contribution in [2.45, 2.75) is 19.5 Å². The molecule has 0 saturated carbocycles. The second-order valence-electron chi connectivity index (χ2n) is 6.54. The van der Waals surface area contributed by atoms with Crippen molar-refractivity contribution in [3.63, 3.8) is 0 Å². The monoisotopic (exact) mass is 339 g/mol. The van der Waals surface area contributed by atoms with Crippen molar-refractivity contribution in [1.29, 1.82) is 0 Å².